The van der Waals surface area contributed by atoms with Gasteiger partial charge in [0.1, 0.15) is 0 Å². The summed E-state index contributed by atoms with van der Waals surface area (Å²) >= 11 is 1.82. The van der Waals surface area contributed by atoms with Crippen molar-refractivity contribution in [3.05, 3.63) is 54.1 Å². The molecular formula is C24H29N3O2S. The van der Waals surface area contributed by atoms with Crippen molar-refractivity contribution in [1.29, 1.82) is 5.26 Å². The molecule has 1 unspecified atom stereocenters. The van der Waals surface area contributed by atoms with E-state index in [0.717, 1.165) is 23.4 Å². The van der Waals surface area contributed by atoms with Crippen molar-refractivity contribution < 1.29 is 9.59 Å². The van der Waals surface area contributed by atoms with Crippen LogP contribution < -0.4 is 10.2 Å². The quantitative estimate of drug-likeness (QED) is 0.508. The highest BCUT2D eigenvalue weighted by atomic mass is 32.2. The summed E-state index contributed by atoms with van der Waals surface area (Å²) in [4.78, 5) is 27.9. The molecule has 0 aliphatic heterocycles. The van der Waals surface area contributed by atoms with E-state index in [1.807, 2.05) is 61.2 Å². The fourth-order valence-electron chi connectivity index (χ4n) is 2.90. The average molecular weight is 424 g/mol. The first-order chi connectivity index (χ1) is 14.4. The van der Waals surface area contributed by atoms with Gasteiger partial charge in [-0.25, -0.2) is 0 Å². The van der Waals surface area contributed by atoms with Gasteiger partial charge in [-0.1, -0.05) is 32.0 Å². The first kappa shape index (κ1) is 23.5. The Bertz CT molecular complexity index is 893. The molecule has 158 valence electrons. The molecule has 0 fully saturated rings. The molecule has 5 nitrogen and oxygen atoms in total. The third kappa shape index (κ3) is 7.23. The first-order valence-electron chi connectivity index (χ1n) is 10.2. The van der Waals surface area contributed by atoms with Crippen LogP contribution in [0.2, 0.25) is 0 Å². The van der Waals surface area contributed by atoms with E-state index in [-0.39, 0.29) is 31.1 Å². The minimum atomic E-state index is -0.193. The normalized spacial score (nSPS) is 11.4. The lowest BCUT2D eigenvalue weighted by Crippen LogP contribution is -2.32. The van der Waals surface area contributed by atoms with Crippen LogP contribution in [0.4, 0.5) is 11.4 Å². The molecule has 0 spiro atoms. The van der Waals surface area contributed by atoms with Crippen molar-refractivity contribution in [3.63, 3.8) is 0 Å². The van der Waals surface area contributed by atoms with E-state index in [9.17, 15) is 9.59 Å². The van der Waals surface area contributed by atoms with Gasteiger partial charge in [-0.3, -0.25) is 9.59 Å². The SMILES string of the molecule is CCC(C)Sc1ccc(NC(=O)CCC(=O)N(CCC#N)c2ccccc2)c(C)c1. The number of rotatable bonds is 10. The topological polar surface area (TPSA) is 73.2 Å². The number of aryl methyl sites for hydroxylation is 1. The van der Waals surface area contributed by atoms with Gasteiger partial charge in [-0.05, 0) is 49.2 Å². The Morgan fingerprint density at radius 3 is 2.53 bits per heavy atom. The van der Waals surface area contributed by atoms with E-state index in [1.165, 1.54) is 4.90 Å². The number of nitriles is 1. The van der Waals surface area contributed by atoms with E-state index in [1.54, 1.807) is 4.90 Å². The van der Waals surface area contributed by atoms with Crippen molar-refractivity contribution in [3.8, 4) is 6.07 Å². The summed E-state index contributed by atoms with van der Waals surface area (Å²) < 4.78 is 0. The number of hydrogen-bond acceptors (Lipinski definition) is 4. The van der Waals surface area contributed by atoms with Crippen LogP contribution in [0, 0.1) is 18.3 Å². The maximum atomic E-state index is 12.7. The lowest BCUT2D eigenvalue weighted by atomic mass is 10.2. The van der Waals surface area contributed by atoms with Crippen LogP contribution in [0.15, 0.2) is 53.4 Å². The van der Waals surface area contributed by atoms with Crippen LogP contribution in [0.25, 0.3) is 0 Å². The zero-order chi connectivity index (χ0) is 21.9. The van der Waals surface area contributed by atoms with Gasteiger partial charge in [-0.15, -0.1) is 11.8 Å². The highest BCUT2D eigenvalue weighted by Gasteiger charge is 2.17. The molecule has 2 aromatic carbocycles. The molecule has 1 N–H and O–H groups in total. The number of anilines is 2. The molecule has 30 heavy (non-hydrogen) atoms. The summed E-state index contributed by atoms with van der Waals surface area (Å²) in [6.07, 6.45) is 1.53. The molecule has 2 aromatic rings. The molecule has 0 aliphatic carbocycles. The van der Waals surface area contributed by atoms with Crippen LogP contribution >= 0.6 is 11.8 Å². The number of hydrogen-bond donors (Lipinski definition) is 1. The van der Waals surface area contributed by atoms with Crippen molar-refractivity contribution in [2.24, 2.45) is 0 Å². The standard InChI is InChI=1S/C24H29N3O2S/c1-4-19(3)30-21-11-12-22(18(2)17-21)26-23(28)13-14-24(29)27(16-8-15-25)20-9-6-5-7-10-20/h5-7,9-12,17,19H,4,8,13-14,16H2,1-3H3,(H,26,28). The fourth-order valence-corrected chi connectivity index (χ4v) is 3.92. The van der Waals surface area contributed by atoms with E-state index >= 15 is 0 Å². The maximum Gasteiger partial charge on any atom is 0.227 e. The van der Waals surface area contributed by atoms with E-state index in [2.05, 4.69) is 31.3 Å². The summed E-state index contributed by atoms with van der Waals surface area (Å²) in [5.41, 5.74) is 2.51. The summed E-state index contributed by atoms with van der Waals surface area (Å²) in [6, 6.07) is 17.3. The van der Waals surface area contributed by atoms with Crippen LogP contribution in [-0.4, -0.2) is 23.6 Å². The smallest absolute Gasteiger partial charge is 0.227 e. The van der Waals surface area contributed by atoms with Gasteiger partial charge in [0.15, 0.2) is 0 Å². The lowest BCUT2D eigenvalue weighted by molar-refractivity contribution is -0.122. The third-order valence-electron chi connectivity index (χ3n) is 4.77. The van der Waals surface area contributed by atoms with Crippen LogP contribution in [0.5, 0.6) is 0 Å². The second kappa shape index (κ2) is 12.0. The van der Waals surface area contributed by atoms with Crippen molar-refractivity contribution in [2.75, 3.05) is 16.8 Å². The number of thioether (sulfide) groups is 1. The number of nitrogens with zero attached hydrogens (tertiary/aromatic N) is 2. The monoisotopic (exact) mass is 423 g/mol. The molecule has 0 bridgehead atoms. The molecule has 1 atom stereocenters. The maximum absolute atomic E-state index is 12.7. The number of carbonyl (C=O) groups is 2. The Hall–Kier alpha value is -2.78. The van der Waals surface area contributed by atoms with Crippen molar-refractivity contribution in [1.82, 2.24) is 0 Å². The van der Waals surface area contributed by atoms with Gasteiger partial charge in [0, 0.05) is 40.9 Å². The van der Waals surface area contributed by atoms with Crippen LogP contribution in [-0.2, 0) is 9.59 Å². The Balaban J connectivity index is 1.94. The molecular weight excluding hydrogens is 394 g/mol. The molecule has 2 rings (SSSR count). The predicted octanol–water partition coefficient (Wildman–Crippen LogP) is 5.55. The second-order valence-electron chi connectivity index (χ2n) is 7.15. The molecule has 0 saturated heterocycles. The van der Waals surface area contributed by atoms with Crippen LogP contribution in [0.1, 0.15) is 45.1 Å². The Labute approximate surface area is 183 Å². The number of amides is 2. The molecule has 6 heteroatoms. The van der Waals surface area contributed by atoms with Gasteiger partial charge in [0.2, 0.25) is 11.8 Å². The highest BCUT2D eigenvalue weighted by Crippen LogP contribution is 2.28. The van der Waals surface area contributed by atoms with E-state index < -0.39 is 0 Å². The second-order valence-corrected chi connectivity index (χ2v) is 8.66. The molecule has 0 aliphatic rings. The number of benzene rings is 2. The zero-order valence-corrected chi connectivity index (χ0v) is 18.7. The third-order valence-corrected chi connectivity index (χ3v) is 6.03. The minimum absolute atomic E-state index is 0.0904. The molecule has 0 radical (unpaired) electrons. The average Bonchev–Trinajstić information content (AvgIpc) is 2.75. The highest BCUT2D eigenvalue weighted by molar-refractivity contribution is 7.99. The van der Waals surface area contributed by atoms with Crippen LogP contribution in [0.3, 0.4) is 0 Å². The Kier molecular flexibility index (Phi) is 9.43. The van der Waals surface area contributed by atoms with Gasteiger partial charge in [0.25, 0.3) is 0 Å². The lowest BCUT2D eigenvalue weighted by Gasteiger charge is -2.21. The predicted molar refractivity (Wildman–Crippen MR) is 124 cm³/mol. The van der Waals surface area contributed by atoms with E-state index in [4.69, 9.17) is 5.26 Å². The number of nitrogens with one attached hydrogen (secondary N) is 1. The fraction of sp³-hybridized carbons (Fsp3) is 0.375. The van der Waals surface area contributed by atoms with E-state index in [0.29, 0.717) is 11.8 Å². The summed E-state index contributed by atoms with van der Waals surface area (Å²) in [6.45, 7) is 6.65. The van der Waals surface area contributed by atoms with Gasteiger partial charge in [0.05, 0.1) is 12.5 Å². The summed E-state index contributed by atoms with van der Waals surface area (Å²) in [7, 11) is 0. The van der Waals surface area contributed by atoms with Gasteiger partial charge in [-0.2, -0.15) is 5.26 Å². The molecule has 0 aromatic heterocycles. The Morgan fingerprint density at radius 2 is 1.90 bits per heavy atom. The summed E-state index contributed by atoms with van der Waals surface area (Å²) in [5, 5.41) is 12.3. The first-order valence-corrected chi connectivity index (χ1v) is 11.1. The summed E-state index contributed by atoms with van der Waals surface area (Å²) in [5.74, 6) is -0.356. The molecule has 2 amide bonds. The van der Waals surface area contributed by atoms with Crippen molar-refractivity contribution >= 4 is 35.0 Å². The van der Waals surface area contributed by atoms with Crippen molar-refractivity contribution in [2.45, 2.75) is 56.6 Å². The molecule has 0 heterocycles. The minimum Gasteiger partial charge on any atom is -0.326 e. The number of carbonyl (C=O) groups excluding carboxylic acids is 2. The molecule has 0 saturated carbocycles. The number of para-hydroxylation sites is 1. The van der Waals surface area contributed by atoms with Gasteiger partial charge < -0.3 is 10.2 Å². The Morgan fingerprint density at radius 1 is 1.17 bits per heavy atom. The largest absolute Gasteiger partial charge is 0.326 e. The van der Waals surface area contributed by atoms with Gasteiger partial charge >= 0.3 is 0 Å². The zero-order valence-electron chi connectivity index (χ0n) is 17.9.